The van der Waals surface area contributed by atoms with Crippen LogP contribution in [0.5, 0.6) is 0 Å². The van der Waals surface area contributed by atoms with E-state index in [-0.39, 0.29) is 17.8 Å². The molecule has 1 rings (SSSR count). The third kappa shape index (κ3) is 5.59. The summed E-state index contributed by atoms with van der Waals surface area (Å²) < 4.78 is 4.71. The molecule has 2 N–H and O–H groups in total. The maximum atomic E-state index is 11.9. The van der Waals surface area contributed by atoms with Crippen molar-refractivity contribution in [2.45, 2.75) is 45.6 Å². The molecule has 110 valence electrons. The van der Waals surface area contributed by atoms with Gasteiger partial charge in [-0.25, -0.2) is 4.79 Å². The highest BCUT2D eigenvalue weighted by Crippen LogP contribution is 2.17. The van der Waals surface area contributed by atoms with Crippen molar-refractivity contribution < 1.29 is 14.3 Å². The average molecular weight is 270 g/mol. The first kappa shape index (κ1) is 16.0. The SMILES string of the molecule is COC(=O)[C@@H](NC(=O)CCC1CCNCC1)C(C)C. The molecule has 1 aliphatic rings. The highest BCUT2D eigenvalue weighted by molar-refractivity contribution is 5.84. The summed E-state index contributed by atoms with van der Waals surface area (Å²) in [4.78, 5) is 23.4. The van der Waals surface area contributed by atoms with Gasteiger partial charge in [0, 0.05) is 6.42 Å². The standard InChI is InChI=1S/C14H26N2O3/c1-10(2)13(14(18)19-3)16-12(17)5-4-11-6-8-15-9-7-11/h10-11,13,15H,4-9H2,1-3H3,(H,16,17)/t13-/m0/s1. The third-order valence-electron chi connectivity index (χ3n) is 3.68. The summed E-state index contributed by atoms with van der Waals surface area (Å²) in [6, 6.07) is -0.537. The molecule has 0 unspecified atom stereocenters. The smallest absolute Gasteiger partial charge is 0.328 e. The number of amides is 1. The third-order valence-corrected chi connectivity index (χ3v) is 3.68. The van der Waals surface area contributed by atoms with Crippen molar-refractivity contribution in [2.24, 2.45) is 11.8 Å². The van der Waals surface area contributed by atoms with Gasteiger partial charge >= 0.3 is 5.97 Å². The van der Waals surface area contributed by atoms with Crippen LogP contribution in [0.1, 0.15) is 39.5 Å². The lowest BCUT2D eigenvalue weighted by atomic mass is 9.93. The van der Waals surface area contributed by atoms with Crippen molar-refractivity contribution in [3.05, 3.63) is 0 Å². The highest BCUT2D eigenvalue weighted by atomic mass is 16.5. The van der Waals surface area contributed by atoms with Crippen molar-refractivity contribution in [1.82, 2.24) is 10.6 Å². The van der Waals surface area contributed by atoms with Crippen molar-refractivity contribution in [2.75, 3.05) is 20.2 Å². The maximum absolute atomic E-state index is 11.9. The number of esters is 1. The average Bonchev–Trinajstić information content (AvgIpc) is 2.42. The zero-order chi connectivity index (χ0) is 14.3. The zero-order valence-corrected chi connectivity index (χ0v) is 12.2. The van der Waals surface area contributed by atoms with Crippen molar-refractivity contribution in [3.8, 4) is 0 Å². The number of methoxy groups -OCH3 is 1. The van der Waals surface area contributed by atoms with E-state index in [2.05, 4.69) is 10.6 Å². The van der Waals surface area contributed by atoms with Crippen molar-refractivity contribution >= 4 is 11.9 Å². The van der Waals surface area contributed by atoms with E-state index in [1.165, 1.54) is 7.11 Å². The van der Waals surface area contributed by atoms with E-state index >= 15 is 0 Å². The Hall–Kier alpha value is -1.10. The molecule has 1 saturated heterocycles. The number of carbonyl (C=O) groups is 2. The van der Waals surface area contributed by atoms with Crippen LogP contribution in [0.15, 0.2) is 0 Å². The van der Waals surface area contributed by atoms with Crippen LogP contribution >= 0.6 is 0 Å². The molecule has 5 nitrogen and oxygen atoms in total. The number of nitrogens with one attached hydrogen (secondary N) is 2. The second-order valence-electron chi connectivity index (χ2n) is 5.54. The predicted octanol–water partition coefficient (Wildman–Crippen LogP) is 1.08. The maximum Gasteiger partial charge on any atom is 0.328 e. The fourth-order valence-electron chi connectivity index (χ4n) is 2.38. The van der Waals surface area contributed by atoms with E-state index in [1.54, 1.807) is 0 Å². The molecule has 0 aromatic rings. The summed E-state index contributed by atoms with van der Waals surface area (Å²) in [7, 11) is 1.35. The molecular weight excluding hydrogens is 244 g/mol. The van der Waals surface area contributed by atoms with Gasteiger partial charge < -0.3 is 15.4 Å². The van der Waals surface area contributed by atoms with E-state index in [1.807, 2.05) is 13.8 Å². The summed E-state index contributed by atoms with van der Waals surface area (Å²) in [5.41, 5.74) is 0. The minimum absolute atomic E-state index is 0.0373. The van der Waals surface area contributed by atoms with E-state index in [0.717, 1.165) is 32.4 Å². The van der Waals surface area contributed by atoms with Gasteiger partial charge in [0.1, 0.15) is 6.04 Å². The molecule has 1 atom stereocenters. The summed E-state index contributed by atoms with van der Waals surface area (Å²) in [6.45, 7) is 5.88. The summed E-state index contributed by atoms with van der Waals surface area (Å²) in [6.07, 6.45) is 3.67. The predicted molar refractivity (Wildman–Crippen MR) is 73.6 cm³/mol. The number of piperidine rings is 1. The number of rotatable bonds is 6. The summed E-state index contributed by atoms with van der Waals surface area (Å²) >= 11 is 0. The Morgan fingerprint density at radius 3 is 2.47 bits per heavy atom. The lowest BCUT2D eigenvalue weighted by molar-refractivity contribution is -0.146. The minimum Gasteiger partial charge on any atom is -0.467 e. The molecule has 0 aromatic carbocycles. The van der Waals surface area contributed by atoms with Crippen LogP contribution in [0.3, 0.4) is 0 Å². The van der Waals surface area contributed by atoms with Gasteiger partial charge in [0.05, 0.1) is 7.11 Å². The molecule has 19 heavy (non-hydrogen) atoms. The van der Waals surface area contributed by atoms with E-state index in [0.29, 0.717) is 12.3 Å². The Morgan fingerprint density at radius 2 is 1.95 bits per heavy atom. The molecule has 0 bridgehead atoms. The fraction of sp³-hybridized carbons (Fsp3) is 0.857. The first-order valence-corrected chi connectivity index (χ1v) is 7.12. The monoisotopic (exact) mass is 270 g/mol. The quantitative estimate of drug-likeness (QED) is 0.709. The fourth-order valence-corrected chi connectivity index (χ4v) is 2.38. The Morgan fingerprint density at radius 1 is 1.32 bits per heavy atom. The lowest BCUT2D eigenvalue weighted by Gasteiger charge is -2.23. The van der Waals surface area contributed by atoms with Gasteiger partial charge in [-0.05, 0) is 44.2 Å². The molecule has 0 aromatic heterocycles. The zero-order valence-electron chi connectivity index (χ0n) is 12.2. The number of ether oxygens (including phenoxy) is 1. The molecule has 0 aliphatic carbocycles. The Kier molecular flexibility index (Phi) is 6.84. The van der Waals surface area contributed by atoms with Gasteiger partial charge in [0.2, 0.25) is 5.91 Å². The second kappa shape index (κ2) is 8.15. The topological polar surface area (TPSA) is 67.4 Å². The summed E-state index contributed by atoms with van der Waals surface area (Å²) in [5, 5.41) is 6.09. The molecule has 5 heteroatoms. The molecular formula is C14H26N2O3. The van der Waals surface area contributed by atoms with Crippen molar-refractivity contribution in [1.29, 1.82) is 0 Å². The first-order valence-electron chi connectivity index (χ1n) is 7.12. The van der Waals surface area contributed by atoms with Crippen LogP contribution in [0, 0.1) is 11.8 Å². The van der Waals surface area contributed by atoms with Gasteiger partial charge in [0.25, 0.3) is 0 Å². The van der Waals surface area contributed by atoms with Crippen LogP contribution in [0.25, 0.3) is 0 Å². The first-order chi connectivity index (χ1) is 9.04. The summed E-state index contributed by atoms with van der Waals surface area (Å²) in [5.74, 6) is 0.241. The molecule has 1 heterocycles. The lowest BCUT2D eigenvalue weighted by Crippen LogP contribution is -2.45. The molecule has 1 fully saturated rings. The van der Waals surface area contributed by atoms with Gasteiger partial charge in [-0.15, -0.1) is 0 Å². The van der Waals surface area contributed by atoms with Crippen molar-refractivity contribution in [3.63, 3.8) is 0 Å². The van der Waals surface area contributed by atoms with Gasteiger partial charge in [0.15, 0.2) is 0 Å². The highest BCUT2D eigenvalue weighted by Gasteiger charge is 2.25. The van der Waals surface area contributed by atoms with Crippen LogP contribution in [0.4, 0.5) is 0 Å². The van der Waals surface area contributed by atoms with Crippen LogP contribution in [-0.4, -0.2) is 38.1 Å². The molecule has 0 radical (unpaired) electrons. The number of hydrogen-bond donors (Lipinski definition) is 2. The second-order valence-corrected chi connectivity index (χ2v) is 5.54. The molecule has 0 saturated carbocycles. The van der Waals surface area contributed by atoms with Crippen LogP contribution in [-0.2, 0) is 14.3 Å². The van der Waals surface area contributed by atoms with Crippen LogP contribution in [0.2, 0.25) is 0 Å². The minimum atomic E-state index is -0.537. The van der Waals surface area contributed by atoms with E-state index in [4.69, 9.17) is 4.74 Å². The molecule has 1 amide bonds. The largest absolute Gasteiger partial charge is 0.467 e. The van der Waals surface area contributed by atoms with Gasteiger partial charge in [-0.3, -0.25) is 4.79 Å². The van der Waals surface area contributed by atoms with Gasteiger partial charge in [-0.2, -0.15) is 0 Å². The van der Waals surface area contributed by atoms with E-state index in [9.17, 15) is 9.59 Å². The Balaban J connectivity index is 2.33. The van der Waals surface area contributed by atoms with Gasteiger partial charge in [-0.1, -0.05) is 13.8 Å². The van der Waals surface area contributed by atoms with Crippen LogP contribution < -0.4 is 10.6 Å². The molecule has 1 aliphatic heterocycles. The normalized spacial score (nSPS) is 18.1. The molecule has 0 spiro atoms. The Bertz CT molecular complexity index is 299. The van der Waals surface area contributed by atoms with E-state index < -0.39 is 6.04 Å². The Labute approximate surface area is 115 Å². The number of carbonyl (C=O) groups excluding carboxylic acids is 2. The number of hydrogen-bond acceptors (Lipinski definition) is 4.